The Hall–Kier alpha value is -2.02. The van der Waals surface area contributed by atoms with Gasteiger partial charge in [-0.05, 0) is 76.5 Å². The highest BCUT2D eigenvalue weighted by molar-refractivity contribution is 5.99. The first-order valence-electron chi connectivity index (χ1n) is 9.66. The summed E-state index contributed by atoms with van der Waals surface area (Å²) in [5.41, 5.74) is 9.17. The Balaban J connectivity index is 1.73. The van der Waals surface area contributed by atoms with E-state index in [4.69, 9.17) is 0 Å². The molecule has 1 aromatic heterocycles. The average Bonchev–Trinajstić information content (AvgIpc) is 3.28. The lowest BCUT2D eigenvalue weighted by atomic mass is 9.84. The number of hydrogen-bond donors (Lipinski definition) is 0. The van der Waals surface area contributed by atoms with Crippen LogP contribution >= 0.6 is 0 Å². The van der Waals surface area contributed by atoms with E-state index in [9.17, 15) is 0 Å². The molecular formula is C24H27N. The standard InChI is InChI=1S/C24H27N/c1-24(2,3)18-9-7-15(8-10-18)20-14-21-16-5-6-17(13-16)22(21)23-19(20)11-12-25(23)4/h7-12,14,16-17H,5-6,13H2,1-4H3. The van der Waals surface area contributed by atoms with Gasteiger partial charge >= 0.3 is 0 Å². The number of benzene rings is 2. The van der Waals surface area contributed by atoms with Crippen LogP contribution in [0.2, 0.25) is 0 Å². The maximum Gasteiger partial charge on any atom is 0.0522 e. The van der Waals surface area contributed by atoms with Crippen LogP contribution in [0.25, 0.3) is 22.0 Å². The first-order chi connectivity index (χ1) is 11.9. The quantitative estimate of drug-likeness (QED) is 0.480. The Bertz CT molecular complexity index is 966. The highest BCUT2D eigenvalue weighted by atomic mass is 14.9. The minimum absolute atomic E-state index is 0.206. The molecule has 2 aromatic carbocycles. The van der Waals surface area contributed by atoms with Crippen LogP contribution < -0.4 is 0 Å². The highest BCUT2D eigenvalue weighted by Crippen LogP contribution is 2.56. The van der Waals surface area contributed by atoms with E-state index in [0.29, 0.717) is 0 Å². The predicted octanol–water partition coefficient (Wildman–Crippen LogP) is 6.51. The monoisotopic (exact) mass is 329 g/mol. The number of aryl methyl sites for hydroxylation is 1. The lowest BCUT2D eigenvalue weighted by molar-refractivity contribution is 0.590. The van der Waals surface area contributed by atoms with Crippen molar-refractivity contribution in [2.45, 2.75) is 57.3 Å². The Kier molecular flexibility index (Phi) is 3.05. The molecule has 2 atom stereocenters. The second-order valence-corrected chi connectivity index (χ2v) is 9.15. The van der Waals surface area contributed by atoms with Gasteiger partial charge in [0.15, 0.2) is 0 Å². The molecule has 1 fully saturated rings. The van der Waals surface area contributed by atoms with Crippen LogP contribution in [0.5, 0.6) is 0 Å². The van der Waals surface area contributed by atoms with E-state index < -0.39 is 0 Å². The molecule has 1 nitrogen and oxygen atoms in total. The SMILES string of the molecule is Cn1ccc2c(-c3ccc(C(C)(C)C)cc3)cc3c(c21)C1CCC3C1. The van der Waals surface area contributed by atoms with Crippen molar-refractivity contribution < 1.29 is 0 Å². The van der Waals surface area contributed by atoms with Crippen LogP contribution in [-0.2, 0) is 12.5 Å². The molecule has 1 saturated carbocycles. The summed E-state index contributed by atoms with van der Waals surface area (Å²) in [5.74, 6) is 1.60. The van der Waals surface area contributed by atoms with Crippen LogP contribution in [0.1, 0.15) is 68.6 Å². The number of nitrogens with zero attached hydrogens (tertiary/aromatic N) is 1. The largest absolute Gasteiger partial charge is 0.350 e. The Morgan fingerprint density at radius 2 is 1.68 bits per heavy atom. The molecule has 1 heteroatoms. The molecule has 25 heavy (non-hydrogen) atoms. The fourth-order valence-corrected chi connectivity index (χ4v) is 5.21. The van der Waals surface area contributed by atoms with E-state index in [1.165, 1.54) is 46.9 Å². The molecule has 0 saturated heterocycles. The van der Waals surface area contributed by atoms with E-state index >= 15 is 0 Å². The van der Waals surface area contributed by atoms with E-state index in [0.717, 1.165) is 11.8 Å². The third-order valence-corrected chi connectivity index (χ3v) is 6.57. The molecule has 5 rings (SSSR count). The van der Waals surface area contributed by atoms with Crippen molar-refractivity contribution in [1.82, 2.24) is 4.57 Å². The molecule has 128 valence electrons. The summed E-state index contributed by atoms with van der Waals surface area (Å²) in [5, 5.41) is 1.43. The van der Waals surface area contributed by atoms with Crippen molar-refractivity contribution in [3.63, 3.8) is 0 Å². The minimum Gasteiger partial charge on any atom is -0.350 e. The fraction of sp³-hybridized carbons (Fsp3) is 0.417. The van der Waals surface area contributed by atoms with Gasteiger partial charge in [-0.15, -0.1) is 0 Å². The zero-order valence-electron chi connectivity index (χ0n) is 15.8. The fourth-order valence-electron chi connectivity index (χ4n) is 5.21. The smallest absolute Gasteiger partial charge is 0.0522 e. The summed E-state index contributed by atoms with van der Waals surface area (Å²) >= 11 is 0. The summed E-state index contributed by atoms with van der Waals surface area (Å²) in [7, 11) is 2.21. The van der Waals surface area contributed by atoms with E-state index in [2.05, 4.69) is 75.0 Å². The lowest BCUT2D eigenvalue weighted by Crippen LogP contribution is -2.10. The zero-order chi connectivity index (χ0) is 17.3. The van der Waals surface area contributed by atoms with Gasteiger partial charge < -0.3 is 4.57 Å². The normalized spacial score (nSPS) is 21.9. The summed E-state index contributed by atoms with van der Waals surface area (Å²) < 4.78 is 2.35. The predicted molar refractivity (Wildman–Crippen MR) is 106 cm³/mol. The van der Waals surface area contributed by atoms with Gasteiger partial charge in [-0.3, -0.25) is 0 Å². The number of fused-ring (bicyclic) bond motifs is 7. The molecule has 0 aliphatic heterocycles. The molecule has 0 radical (unpaired) electrons. The average molecular weight is 329 g/mol. The van der Waals surface area contributed by atoms with Crippen molar-refractivity contribution in [3.05, 3.63) is 59.3 Å². The zero-order valence-corrected chi connectivity index (χ0v) is 15.8. The van der Waals surface area contributed by atoms with Gasteiger partial charge in [-0.2, -0.15) is 0 Å². The number of hydrogen-bond acceptors (Lipinski definition) is 0. The highest BCUT2D eigenvalue weighted by Gasteiger charge is 2.39. The van der Waals surface area contributed by atoms with E-state index in [1.807, 2.05) is 0 Å². The first-order valence-corrected chi connectivity index (χ1v) is 9.66. The van der Waals surface area contributed by atoms with E-state index in [1.54, 1.807) is 11.1 Å². The molecule has 1 heterocycles. The van der Waals surface area contributed by atoms with Gasteiger partial charge in [-0.25, -0.2) is 0 Å². The topological polar surface area (TPSA) is 4.93 Å². The molecule has 0 amide bonds. The third-order valence-electron chi connectivity index (χ3n) is 6.57. The van der Waals surface area contributed by atoms with Crippen molar-refractivity contribution in [2.75, 3.05) is 0 Å². The second-order valence-electron chi connectivity index (χ2n) is 9.15. The molecule has 2 unspecified atom stereocenters. The second kappa shape index (κ2) is 5.00. The van der Waals surface area contributed by atoms with Crippen LogP contribution in [0.3, 0.4) is 0 Å². The van der Waals surface area contributed by atoms with Crippen molar-refractivity contribution >= 4 is 10.9 Å². The maximum atomic E-state index is 2.52. The molecule has 3 aromatic rings. The summed E-state index contributed by atoms with van der Waals surface area (Å²) in [6, 6.07) is 14.1. The molecule has 0 N–H and O–H groups in total. The molecular weight excluding hydrogens is 302 g/mol. The van der Waals surface area contributed by atoms with Crippen molar-refractivity contribution in [3.8, 4) is 11.1 Å². The maximum absolute atomic E-state index is 2.52. The van der Waals surface area contributed by atoms with Crippen molar-refractivity contribution in [2.24, 2.45) is 7.05 Å². The lowest BCUT2D eigenvalue weighted by Gasteiger charge is -2.21. The van der Waals surface area contributed by atoms with Crippen LogP contribution in [0.4, 0.5) is 0 Å². The summed E-state index contributed by atoms with van der Waals surface area (Å²) in [6.45, 7) is 6.84. The number of rotatable bonds is 1. The Morgan fingerprint density at radius 1 is 0.960 bits per heavy atom. The van der Waals surface area contributed by atoms with Gasteiger partial charge in [0.05, 0.1) is 5.52 Å². The number of aromatic nitrogens is 1. The van der Waals surface area contributed by atoms with E-state index in [-0.39, 0.29) is 5.41 Å². The van der Waals surface area contributed by atoms with Gasteiger partial charge in [0.1, 0.15) is 0 Å². The van der Waals surface area contributed by atoms with Crippen LogP contribution in [0, 0.1) is 0 Å². The van der Waals surface area contributed by atoms with Gasteiger partial charge in [0, 0.05) is 18.6 Å². The Labute approximate surface area is 150 Å². The molecule has 2 bridgehead atoms. The van der Waals surface area contributed by atoms with Gasteiger partial charge in [-0.1, -0.05) is 45.0 Å². The van der Waals surface area contributed by atoms with Crippen molar-refractivity contribution in [1.29, 1.82) is 0 Å². The first kappa shape index (κ1) is 15.3. The minimum atomic E-state index is 0.206. The summed E-state index contributed by atoms with van der Waals surface area (Å²) in [4.78, 5) is 0. The molecule has 2 aliphatic carbocycles. The molecule has 0 spiro atoms. The Morgan fingerprint density at radius 3 is 2.40 bits per heavy atom. The van der Waals surface area contributed by atoms with Crippen LogP contribution in [0.15, 0.2) is 42.6 Å². The van der Waals surface area contributed by atoms with Crippen LogP contribution in [-0.4, -0.2) is 4.57 Å². The summed E-state index contributed by atoms with van der Waals surface area (Å²) in [6.07, 6.45) is 6.39. The third kappa shape index (κ3) is 2.14. The van der Waals surface area contributed by atoms with Gasteiger partial charge in [0.25, 0.3) is 0 Å². The molecule has 2 aliphatic rings. The van der Waals surface area contributed by atoms with Gasteiger partial charge in [0.2, 0.25) is 0 Å².